The van der Waals surface area contributed by atoms with Crippen LogP contribution in [0, 0.1) is 17.0 Å². The van der Waals surface area contributed by atoms with Crippen molar-refractivity contribution in [3.05, 3.63) is 86.8 Å². The molecule has 2 aromatic carbocycles. The molecule has 1 aliphatic rings. The van der Waals surface area contributed by atoms with Crippen LogP contribution < -0.4 is 10.6 Å². The lowest BCUT2D eigenvalue weighted by Gasteiger charge is -2.12. The molecule has 2 N–H and O–H groups in total. The van der Waals surface area contributed by atoms with E-state index in [0.29, 0.717) is 17.0 Å². The third kappa shape index (κ3) is 4.81. The highest BCUT2D eigenvalue weighted by Crippen LogP contribution is 2.31. The first kappa shape index (κ1) is 22.7. The zero-order valence-electron chi connectivity index (χ0n) is 17.7. The van der Waals surface area contributed by atoms with Gasteiger partial charge >= 0.3 is 6.03 Å². The Morgan fingerprint density at radius 3 is 2.74 bits per heavy atom. The lowest BCUT2D eigenvalue weighted by Crippen LogP contribution is -2.38. The Kier molecular flexibility index (Phi) is 6.15. The van der Waals surface area contributed by atoms with Crippen LogP contribution >= 0.6 is 11.6 Å². The Balaban J connectivity index is 1.47. The van der Waals surface area contributed by atoms with Crippen molar-refractivity contribution in [1.82, 2.24) is 10.2 Å². The van der Waals surface area contributed by atoms with E-state index in [1.807, 2.05) is 13.0 Å². The summed E-state index contributed by atoms with van der Waals surface area (Å²) < 4.78 is 5.65. The molecule has 4 rings (SSSR count). The van der Waals surface area contributed by atoms with E-state index >= 15 is 0 Å². The van der Waals surface area contributed by atoms with E-state index in [9.17, 15) is 24.5 Å². The number of nitrogens with one attached hydrogen (secondary N) is 2. The quantitative estimate of drug-likeness (QED) is 0.233. The molecule has 0 radical (unpaired) electrons. The summed E-state index contributed by atoms with van der Waals surface area (Å²) in [6.45, 7) is 1.41. The van der Waals surface area contributed by atoms with Crippen molar-refractivity contribution in [1.29, 1.82) is 0 Å². The minimum Gasteiger partial charge on any atom is -0.457 e. The Bertz CT molecular complexity index is 1360. The maximum absolute atomic E-state index is 12.7. The summed E-state index contributed by atoms with van der Waals surface area (Å²) >= 11 is 5.84. The fraction of sp³-hybridized carbons (Fsp3) is 0.0870. The summed E-state index contributed by atoms with van der Waals surface area (Å²) in [5.74, 6) is -0.690. The van der Waals surface area contributed by atoms with E-state index < -0.39 is 29.3 Å². The molecule has 1 aliphatic heterocycles. The Morgan fingerprint density at radius 1 is 1.21 bits per heavy atom. The third-order valence-corrected chi connectivity index (χ3v) is 5.23. The van der Waals surface area contributed by atoms with Gasteiger partial charge in [0.25, 0.3) is 11.6 Å². The summed E-state index contributed by atoms with van der Waals surface area (Å²) in [6.07, 6.45) is 1.31. The zero-order valence-corrected chi connectivity index (χ0v) is 18.5. The standard InChI is InChI=1S/C23H17ClN4O6/c1-13-3-2-4-15(9-13)25-21(29)12-27-22(30)18(26-23(27)31)11-16-6-8-20(34-16)14-5-7-17(24)19(10-14)28(32)33/h2-11H,12H2,1H3,(H,25,29)(H,26,31)/b18-11-. The van der Waals surface area contributed by atoms with E-state index in [2.05, 4.69) is 10.6 Å². The van der Waals surface area contributed by atoms with Gasteiger partial charge in [-0.1, -0.05) is 23.7 Å². The van der Waals surface area contributed by atoms with Gasteiger partial charge in [-0.2, -0.15) is 0 Å². The SMILES string of the molecule is Cc1cccc(NC(=O)CN2C(=O)N/C(=C\c3ccc(-c4ccc(Cl)c([N+](=O)[O-])c4)o3)C2=O)c1. The van der Waals surface area contributed by atoms with Crippen LogP contribution in [0.5, 0.6) is 0 Å². The summed E-state index contributed by atoms with van der Waals surface area (Å²) in [5.41, 5.74) is 1.57. The van der Waals surface area contributed by atoms with Crippen molar-refractivity contribution >= 4 is 46.9 Å². The first-order chi connectivity index (χ1) is 16.2. The second-order valence-electron chi connectivity index (χ2n) is 7.42. The smallest absolute Gasteiger partial charge is 0.329 e. The number of imide groups is 1. The lowest BCUT2D eigenvalue weighted by molar-refractivity contribution is -0.384. The van der Waals surface area contributed by atoms with Crippen molar-refractivity contribution in [2.45, 2.75) is 6.92 Å². The number of amides is 4. The molecular weight excluding hydrogens is 464 g/mol. The number of hydrogen-bond donors (Lipinski definition) is 2. The van der Waals surface area contributed by atoms with Crippen molar-refractivity contribution in [3.8, 4) is 11.3 Å². The van der Waals surface area contributed by atoms with E-state index in [1.165, 1.54) is 24.3 Å². The van der Waals surface area contributed by atoms with Gasteiger partial charge in [-0.05, 0) is 48.9 Å². The fourth-order valence-electron chi connectivity index (χ4n) is 3.32. The van der Waals surface area contributed by atoms with Crippen molar-refractivity contribution in [2.24, 2.45) is 0 Å². The number of benzene rings is 2. The van der Waals surface area contributed by atoms with Crippen LogP contribution in [-0.2, 0) is 9.59 Å². The molecule has 0 saturated carbocycles. The molecule has 1 fully saturated rings. The number of furan rings is 1. The van der Waals surface area contributed by atoms with Crippen LogP contribution in [-0.4, -0.2) is 34.2 Å². The Labute approximate surface area is 197 Å². The molecule has 10 nitrogen and oxygen atoms in total. The number of carbonyl (C=O) groups is 3. The largest absolute Gasteiger partial charge is 0.457 e. The van der Waals surface area contributed by atoms with Crippen LogP contribution in [0.25, 0.3) is 17.4 Å². The molecule has 0 unspecified atom stereocenters. The minimum absolute atomic E-state index is 0.00607. The van der Waals surface area contributed by atoms with Gasteiger partial charge in [0, 0.05) is 23.4 Å². The second-order valence-corrected chi connectivity index (χ2v) is 7.83. The Morgan fingerprint density at radius 2 is 2.00 bits per heavy atom. The number of nitro groups is 1. The molecule has 34 heavy (non-hydrogen) atoms. The van der Waals surface area contributed by atoms with E-state index in [-0.39, 0.29) is 22.2 Å². The van der Waals surface area contributed by atoms with Crippen LogP contribution in [0.3, 0.4) is 0 Å². The predicted octanol–water partition coefficient (Wildman–Crippen LogP) is 4.35. The molecule has 1 saturated heterocycles. The molecule has 3 aromatic rings. The van der Waals surface area contributed by atoms with Gasteiger partial charge in [-0.3, -0.25) is 19.7 Å². The lowest BCUT2D eigenvalue weighted by atomic mass is 10.1. The predicted molar refractivity (Wildman–Crippen MR) is 124 cm³/mol. The number of hydrogen-bond acceptors (Lipinski definition) is 6. The fourth-order valence-corrected chi connectivity index (χ4v) is 3.50. The number of aryl methyl sites for hydroxylation is 1. The minimum atomic E-state index is -0.740. The summed E-state index contributed by atoms with van der Waals surface area (Å²) in [7, 11) is 0. The molecule has 172 valence electrons. The molecule has 0 bridgehead atoms. The topological polar surface area (TPSA) is 135 Å². The van der Waals surface area contributed by atoms with Crippen LogP contribution in [0.1, 0.15) is 11.3 Å². The normalized spacial score (nSPS) is 14.4. The van der Waals surface area contributed by atoms with Gasteiger partial charge in [-0.25, -0.2) is 9.69 Å². The van der Waals surface area contributed by atoms with Gasteiger partial charge < -0.3 is 15.1 Å². The molecule has 0 aliphatic carbocycles. The molecule has 2 heterocycles. The van der Waals surface area contributed by atoms with Crippen LogP contribution in [0.2, 0.25) is 5.02 Å². The number of anilines is 1. The number of urea groups is 1. The average molecular weight is 481 g/mol. The highest BCUT2D eigenvalue weighted by Gasteiger charge is 2.35. The van der Waals surface area contributed by atoms with Crippen LogP contribution in [0.4, 0.5) is 16.2 Å². The van der Waals surface area contributed by atoms with Crippen LogP contribution in [0.15, 0.2) is 64.7 Å². The van der Waals surface area contributed by atoms with E-state index in [0.717, 1.165) is 10.5 Å². The monoisotopic (exact) mass is 480 g/mol. The summed E-state index contributed by atoms with van der Waals surface area (Å²) in [4.78, 5) is 48.5. The maximum Gasteiger partial charge on any atom is 0.329 e. The molecule has 0 atom stereocenters. The number of nitro benzene ring substituents is 1. The highest BCUT2D eigenvalue weighted by atomic mass is 35.5. The number of rotatable bonds is 6. The number of carbonyl (C=O) groups excluding carboxylic acids is 3. The average Bonchev–Trinajstić information content (AvgIpc) is 3.34. The molecule has 0 spiro atoms. The molecule has 1 aromatic heterocycles. The zero-order chi connectivity index (χ0) is 24.4. The Hall–Kier alpha value is -4.44. The molecular formula is C23H17ClN4O6. The maximum atomic E-state index is 12.7. The summed E-state index contributed by atoms with van der Waals surface area (Å²) in [5, 5.41) is 16.2. The van der Waals surface area contributed by atoms with Gasteiger partial charge in [0.1, 0.15) is 28.8 Å². The molecule has 4 amide bonds. The third-order valence-electron chi connectivity index (χ3n) is 4.91. The van der Waals surface area contributed by atoms with Gasteiger partial charge in [0.2, 0.25) is 5.91 Å². The van der Waals surface area contributed by atoms with E-state index in [1.54, 1.807) is 30.3 Å². The molecule has 11 heteroatoms. The highest BCUT2D eigenvalue weighted by molar-refractivity contribution is 6.32. The van der Waals surface area contributed by atoms with Gasteiger partial charge in [0.15, 0.2) is 0 Å². The second kappa shape index (κ2) is 9.20. The van der Waals surface area contributed by atoms with Gasteiger partial charge in [-0.15, -0.1) is 0 Å². The number of halogens is 1. The first-order valence-corrected chi connectivity index (χ1v) is 10.3. The van der Waals surface area contributed by atoms with Crippen molar-refractivity contribution in [2.75, 3.05) is 11.9 Å². The number of nitrogens with zero attached hydrogens (tertiary/aromatic N) is 2. The first-order valence-electron chi connectivity index (χ1n) is 9.96. The van der Waals surface area contributed by atoms with Crippen molar-refractivity contribution < 1.29 is 23.7 Å². The van der Waals surface area contributed by atoms with Crippen molar-refractivity contribution in [3.63, 3.8) is 0 Å². The summed E-state index contributed by atoms with van der Waals surface area (Å²) in [6, 6.07) is 13.7. The van der Waals surface area contributed by atoms with Gasteiger partial charge in [0.05, 0.1) is 4.92 Å². The van der Waals surface area contributed by atoms with E-state index in [4.69, 9.17) is 16.0 Å².